The Morgan fingerprint density at radius 2 is 1.96 bits per heavy atom. The fourth-order valence-electron chi connectivity index (χ4n) is 2.44. The van der Waals surface area contributed by atoms with E-state index in [2.05, 4.69) is 10.3 Å². The topological polar surface area (TPSA) is 88.5 Å². The van der Waals surface area contributed by atoms with E-state index < -0.39 is 12.0 Å². The lowest BCUT2D eigenvalue weighted by atomic mass is 10.1. The predicted octanol–water partition coefficient (Wildman–Crippen LogP) is 2.96. The summed E-state index contributed by atoms with van der Waals surface area (Å²) in [5, 5.41) is 11.8. The highest BCUT2D eigenvalue weighted by molar-refractivity contribution is 5.84. The minimum absolute atomic E-state index is 0.135. The molecule has 0 saturated heterocycles. The van der Waals surface area contributed by atoms with Gasteiger partial charge in [0.1, 0.15) is 18.4 Å². The fourth-order valence-corrected chi connectivity index (χ4v) is 2.44. The SMILES string of the molecule is CCCCC(NC(=O)Cc1ccc(OCc2ccccn2)cc1)C(=O)O. The van der Waals surface area contributed by atoms with Crippen molar-refractivity contribution in [1.82, 2.24) is 10.3 Å². The second kappa shape index (κ2) is 10.2. The van der Waals surface area contributed by atoms with Crippen molar-refractivity contribution >= 4 is 11.9 Å². The molecule has 0 aliphatic rings. The number of benzene rings is 1. The summed E-state index contributed by atoms with van der Waals surface area (Å²) in [5.74, 6) is -0.605. The van der Waals surface area contributed by atoms with Crippen LogP contribution in [0.3, 0.4) is 0 Å². The molecule has 0 bridgehead atoms. The molecule has 2 rings (SSSR count). The van der Waals surface area contributed by atoms with Gasteiger partial charge in [-0.15, -0.1) is 0 Å². The molecule has 6 heteroatoms. The lowest BCUT2D eigenvalue weighted by Gasteiger charge is -2.14. The normalized spacial score (nSPS) is 11.6. The van der Waals surface area contributed by atoms with Gasteiger partial charge >= 0.3 is 5.97 Å². The second-order valence-electron chi connectivity index (χ2n) is 6.03. The number of nitrogens with zero attached hydrogens (tertiary/aromatic N) is 1. The van der Waals surface area contributed by atoms with Crippen LogP contribution in [0.4, 0.5) is 0 Å². The van der Waals surface area contributed by atoms with Gasteiger partial charge in [-0.1, -0.05) is 38.0 Å². The minimum atomic E-state index is -0.995. The predicted molar refractivity (Wildman–Crippen MR) is 97.8 cm³/mol. The first kappa shape index (κ1) is 19.4. The summed E-state index contributed by atoms with van der Waals surface area (Å²) in [7, 11) is 0. The van der Waals surface area contributed by atoms with Crippen LogP contribution in [0.15, 0.2) is 48.7 Å². The molecule has 0 radical (unpaired) electrons. The van der Waals surface area contributed by atoms with Gasteiger partial charge in [-0.3, -0.25) is 9.78 Å². The van der Waals surface area contributed by atoms with Gasteiger partial charge in [0.25, 0.3) is 0 Å². The van der Waals surface area contributed by atoms with Gasteiger partial charge in [0.2, 0.25) is 5.91 Å². The van der Waals surface area contributed by atoms with Crippen molar-refractivity contribution in [1.29, 1.82) is 0 Å². The molecule has 2 aromatic rings. The van der Waals surface area contributed by atoms with E-state index in [-0.39, 0.29) is 12.3 Å². The summed E-state index contributed by atoms with van der Waals surface area (Å²) in [6, 6.07) is 12.0. The molecule has 1 amide bonds. The van der Waals surface area contributed by atoms with E-state index in [4.69, 9.17) is 9.84 Å². The number of carboxylic acids is 1. The molecule has 0 aliphatic heterocycles. The first-order valence-corrected chi connectivity index (χ1v) is 8.72. The third kappa shape index (κ3) is 6.55. The van der Waals surface area contributed by atoms with E-state index in [1.807, 2.05) is 25.1 Å². The summed E-state index contributed by atoms with van der Waals surface area (Å²) in [6.07, 6.45) is 3.94. The lowest BCUT2D eigenvalue weighted by molar-refractivity contribution is -0.142. The Morgan fingerprint density at radius 3 is 2.58 bits per heavy atom. The Hall–Kier alpha value is -2.89. The highest BCUT2D eigenvalue weighted by atomic mass is 16.5. The maximum absolute atomic E-state index is 12.1. The van der Waals surface area contributed by atoms with Crippen LogP contribution in [-0.2, 0) is 22.6 Å². The molecule has 1 atom stereocenters. The zero-order valence-electron chi connectivity index (χ0n) is 14.9. The molecule has 26 heavy (non-hydrogen) atoms. The van der Waals surface area contributed by atoms with E-state index in [1.54, 1.807) is 30.5 Å². The van der Waals surface area contributed by atoms with Crippen LogP contribution in [-0.4, -0.2) is 28.0 Å². The number of carbonyl (C=O) groups excluding carboxylic acids is 1. The van der Waals surface area contributed by atoms with Gasteiger partial charge in [-0.2, -0.15) is 0 Å². The van der Waals surface area contributed by atoms with Crippen LogP contribution in [0, 0.1) is 0 Å². The Bertz CT molecular complexity index is 702. The van der Waals surface area contributed by atoms with Gasteiger partial charge < -0.3 is 15.2 Å². The van der Waals surface area contributed by atoms with Gasteiger partial charge in [-0.05, 0) is 36.2 Å². The number of aliphatic carboxylic acids is 1. The second-order valence-corrected chi connectivity index (χ2v) is 6.03. The molecule has 1 aromatic heterocycles. The van der Waals surface area contributed by atoms with E-state index in [0.717, 1.165) is 24.1 Å². The van der Waals surface area contributed by atoms with Crippen molar-refractivity contribution in [2.45, 2.75) is 45.3 Å². The van der Waals surface area contributed by atoms with Crippen molar-refractivity contribution in [3.63, 3.8) is 0 Å². The summed E-state index contributed by atoms with van der Waals surface area (Å²) >= 11 is 0. The van der Waals surface area contributed by atoms with Gasteiger partial charge in [0.05, 0.1) is 12.1 Å². The summed E-state index contributed by atoms with van der Waals surface area (Å²) < 4.78 is 5.65. The first-order valence-electron chi connectivity index (χ1n) is 8.72. The number of unbranched alkanes of at least 4 members (excludes halogenated alkanes) is 1. The van der Waals surface area contributed by atoms with Crippen LogP contribution in [0.2, 0.25) is 0 Å². The summed E-state index contributed by atoms with van der Waals surface area (Å²) in [5.41, 5.74) is 1.63. The molecule has 0 fully saturated rings. The number of rotatable bonds is 10. The number of carboxylic acid groups (broad SMARTS) is 1. The quantitative estimate of drug-likeness (QED) is 0.683. The molecular weight excluding hydrogens is 332 g/mol. The number of ether oxygens (including phenoxy) is 1. The summed E-state index contributed by atoms with van der Waals surface area (Å²) in [6.45, 7) is 2.36. The number of aromatic nitrogens is 1. The Morgan fingerprint density at radius 1 is 1.19 bits per heavy atom. The van der Waals surface area contributed by atoms with Gasteiger partial charge in [-0.25, -0.2) is 4.79 Å². The van der Waals surface area contributed by atoms with Gasteiger partial charge in [0.15, 0.2) is 0 Å². The zero-order chi connectivity index (χ0) is 18.8. The number of pyridine rings is 1. The Kier molecular flexibility index (Phi) is 7.61. The monoisotopic (exact) mass is 356 g/mol. The third-order valence-corrected chi connectivity index (χ3v) is 3.88. The van der Waals surface area contributed by atoms with Crippen LogP contribution in [0.25, 0.3) is 0 Å². The lowest BCUT2D eigenvalue weighted by Crippen LogP contribution is -2.41. The van der Waals surface area contributed by atoms with Crippen LogP contribution in [0.5, 0.6) is 5.75 Å². The minimum Gasteiger partial charge on any atom is -0.487 e. The van der Waals surface area contributed by atoms with Crippen molar-refractivity contribution < 1.29 is 19.4 Å². The van der Waals surface area contributed by atoms with E-state index in [1.165, 1.54) is 0 Å². The first-order chi connectivity index (χ1) is 12.6. The smallest absolute Gasteiger partial charge is 0.326 e. The number of nitrogens with one attached hydrogen (secondary N) is 1. The highest BCUT2D eigenvalue weighted by Gasteiger charge is 2.19. The van der Waals surface area contributed by atoms with Gasteiger partial charge in [0, 0.05) is 6.20 Å². The van der Waals surface area contributed by atoms with Crippen LogP contribution < -0.4 is 10.1 Å². The molecule has 2 N–H and O–H groups in total. The Balaban J connectivity index is 1.83. The van der Waals surface area contributed by atoms with Crippen LogP contribution in [0.1, 0.15) is 37.4 Å². The number of carbonyl (C=O) groups is 2. The molecular formula is C20H24N2O4. The molecule has 6 nitrogen and oxygen atoms in total. The van der Waals surface area contributed by atoms with E-state index >= 15 is 0 Å². The molecule has 1 aromatic carbocycles. The molecule has 0 spiro atoms. The third-order valence-electron chi connectivity index (χ3n) is 3.88. The summed E-state index contributed by atoms with van der Waals surface area (Å²) in [4.78, 5) is 27.5. The maximum atomic E-state index is 12.1. The number of hydrogen-bond donors (Lipinski definition) is 2. The molecule has 0 saturated carbocycles. The largest absolute Gasteiger partial charge is 0.487 e. The number of hydrogen-bond acceptors (Lipinski definition) is 4. The maximum Gasteiger partial charge on any atom is 0.326 e. The van der Waals surface area contributed by atoms with Crippen LogP contribution >= 0.6 is 0 Å². The zero-order valence-corrected chi connectivity index (χ0v) is 14.9. The average Bonchev–Trinajstić information content (AvgIpc) is 2.65. The molecule has 138 valence electrons. The molecule has 0 aliphatic carbocycles. The fraction of sp³-hybridized carbons (Fsp3) is 0.350. The van der Waals surface area contributed by atoms with E-state index in [9.17, 15) is 9.59 Å². The van der Waals surface area contributed by atoms with Crippen molar-refractivity contribution in [2.24, 2.45) is 0 Å². The molecule has 1 heterocycles. The number of amides is 1. The van der Waals surface area contributed by atoms with Crippen molar-refractivity contribution in [3.05, 3.63) is 59.9 Å². The standard InChI is InChI=1S/C20H24N2O4/c1-2-3-7-18(20(24)25)22-19(23)13-15-8-10-17(11-9-15)26-14-16-6-4-5-12-21-16/h4-6,8-12,18H,2-3,7,13-14H2,1H3,(H,22,23)(H,24,25). The molecule has 1 unspecified atom stereocenters. The van der Waals surface area contributed by atoms with Crippen molar-refractivity contribution in [3.8, 4) is 5.75 Å². The average molecular weight is 356 g/mol. The highest BCUT2D eigenvalue weighted by Crippen LogP contribution is 2.14. The van der Waals surface area contributed by atoms with E-state index in [0.29, 0.717) is 18.8 Å². The van der Waals surface area contributed by atoms with Crippen molar-refractivity contribution in [2.75, 3.05) is 0 Å². The Labute approximate surface area is 153 Å².